The van der Waals surface area contributed by atoms with Crippen molar-refractivity contribution in [2.45, 2.75) is 52.5 Å². The monoisotopic (exact) mass is 314 g/mol. The normalized spacial score (nSPS) is 10.4. The maximum Gasteiger partial charge on any atom is 0.305 e. The fourth-order valence-electron chi connectivity index (χ4n) is 2.03. The Labute approximate surface area is 129 Å². The molecule has 1 rings (SSSR count). The fourth-order valence-corrected chi connectivity index (χ4v) is 3.04. The molecule has 0 aromatic carbocycles. The predicted octanol–water partition coefficient (Wildman–Crippen LogP) is 2.18. The summed E-state index contributed by atoms with van der Waals surface area (Å²) in [4.78, 5) is 23.0. The molecule has 0 spiro atoms. The number of unbranched alkanes of at least 4 members (excludes halogenated alkanes) is 2. The van der Waals surface area contributed by atoms with Crippen LogP contribution in [0.1, 0.15) is 43.2 Å². The molecule has 0 bridgehead atoms. The van der Waals surface area contributed by atoms with E-state index in [1.165, 1.54) is 24.6 Å². The maximum absolute atomic E-state index is 11.0. The van der Waals surface area contributed by atoms with Crippen molar-refractivity contribution in [2.24, 2.45) is 0 Å². The van der Waals surface area contributed by atoms with Crippen molar-refractivity contribution in [2.75, 3.05) is 13.7 Å². The first kappa shape index (κ1) is 17.6. The molecule has 1 heterocycles. The molecule has 1 aromatic rings. The maximum atomic E-state index is 11.0. The second-order valence-corrected chi connectivity index (χ2v) is 5.84. The highest BCUT2D eigenvalue weighted by molar-refractivity contribution is 7.09. The molecule has 0 radical (unpaired) electrons. The minimum absolute atomic E-state index is 0.137. The topological polar surface area (TPSA) is 56.5 Å². The van der Waals surface area contributed by atoms with Crippen LogP contribution in [0.2, 0.25) is 0 Å². The summed E-state index contributed by atoms with van der Waals surface area (Å²) in [6.07, 6.45) is 4.20. The summed E-state index contributed by atoms with van der Waals surface area (Å²) in [6.45, 7) is 4.91. The van der Waals surface area contributed by atoms with Gasteiger partial charge in [-0.05, 0) is 12.8 Å². The van der Waals surface area contributed by atoms with E-state index in [1.54, 1.807) is 11.3 Å². The van der Waals surface area contributed by atoms with Gasteiger partial charge in [-0.1, -0.05) is 11.3 Å². The van der Waals surface area contributed by atoms with Gasteiger partial charge in [0.25, 0.3) is 0 Å². The Morgan fingerprint density at radius 3 is 2.71 bits per heavy atom. The molecular weight excluding hydrogens is 290 g/mol. The molecule has 0 atom stereocenters. The minimum atomic E-state index is -0.234. The predicted molar refractivity (Wildman–Crippen MR) is 80.1 cm³/mol. The Balaban J connectivity index is 2.28. The molecule has 0 saturated carbocycles. The number of hydrogen-bond donors (Lipinski definition) is 0. The van der Waals surface area contributed by atoms with E-state index in [9.17, 15) is 9.59 Å². The van der Waals surface area contributed by atoms with Crippen molar-refractivity contribution in [1.82, 2.24) is 0 Å². The van der Waals surface area contributed by atoms with Crippen LogP contribution in [0.5, 0.6) is 0 Å². The highest BCUT2D eigenvalue weighted by atomic mass is 32.1. The van der Waals surface area contributed by atoms with Crippen molar-refractivity contribution in [1.29, 1.82) is 0 Å². The number of rotatable bonds is 9. The molecule has 21 heavy (non-hydrogen) atoms. The van der Waals surface area contributed by atoms with Crippen LogP contribution in [0.25, 0.3) is 0 Å². The number of thiazole rings is 1. The van der Waals surface area contributed by atoms with Crippen molar-refractivity contribution >= 4 is 23.3 Å². The molecule has 118 valence electrons. The second kappa shape index (κ2) is 9.50. The summed E-state index contributed by atoms with van der Waals surface area (Å²) in [6, 6.07) is 0. The molecule has 0 saturated heterocycles. The zero-order valence-electron chi connectivity index (χ0n) is 13.0. The SMILES string of the molecule is COC(=O)CCCCC[n+]1csc(CCOC(C)=O)c1C. The van der Waals surface area contributed by atoms with E-state index >= 15 is 0 Å². The van der Waals surface area contributed by atoms with Crippen LogP contribution in [-0.2, 0) is 32.0 Å². The van der Waals surface area contributed by atoms with Gasteiger partial charge in [0.15, 0.2) is 5.69 Å². The lowest BCUT2D eigenvalue weighted by molar-refractivity contribution is -0.698. The Hall–Kier alpha value is -1.43. The number of ether oxygens (including phenoxy) is 2. The molecule has 0 aliphatic heterocycles. The molecule has 0 fully saturated rings. The first-order valence-electron chi connectivity index (χ1n) is 7.21. The summed E-state index contributed by atoms with van der Waals surface area (Å²) in [5.74, 6) is -0.371. The highest BCUT2D eigenvalue weighted by Gasteiger charge is 2.14. The van der Waals surface area contributed by atoms with Gasteiger partial charge in [-0.3, -0.25) is 9.59 Å². The largest absolute Gasteiger partial charge is 0.469 e. The van der Waals surface area contributed by atoms with E-state index in [4.69, 9.17) is 4.74 Å². The Kier molecular flexibility index (Phi) is 7.97. The van der Waals surface area contributed by atoms with Crippen LogP contribution >= 0.6 is 11.3 Å². The van der Waals surface area contributed by atoms with Gasteiger partial charge >= 0.3 is 11.9 Å². The van der Waals surface area contributed by atoms with Crippen LogP contribution in [0.15, 0.2) is 5.51 Å². The van der Waals surface area contributed by atoms with E-state index < -0.39 is 0 Å². The number of nitrogens with zero attached hydrogens (tertiary/aromatic N) is 1. The molecule has 6 heteroatoms. The Morgan fingerprint density at radius 1 is 1.29 bits per heavy atom. The van der Waals surface area contributed by atoms with Crippen LogP contribution in [0.3, 0.4) is 0 Å². The summed E-state index contributed by atoms with van der Waals surface area (Å²) in [5, 5.41) is 0. The molecule has 1 aromatic heterocycles. The number of hydrogen-bond acceptors (Lipinski definition) is 5. The van der Waals surface area contributed by atoms with Crippen LogP contribution in [0.4, 0.5) is 0 Å². The third kappa shape index (κ3) is 6.71. The highest BCUT2D eigenvalue weighted by Crippen LogP contribution is 2.12. The third-order valence-electron chi connectivity index (χ3n) is 3.30. The zero-order chi connectivity index (χ0) is 15.7. The van der Waals surface area contributed by atoms with Gasteiger partial charge in [-0.2, -0.15) is 4.57 Å². The fraction of sp³-hybridized carbons (Fsp3) is 0.667. The summed E-state index contributed by atoms with van der Waals surface area (Å²) in [5.41, 5.74) is 3.35. The van der Waals surface area contributed by atoms with Gasteiger partial charge < -0.3 is 9.47 Å². The summed E-state index contributed by atoms with van der Waals surface area (Å²) < 4.78 is 11.8. The Morgan fingerprint density at radius 2 is 2.05 bits per heavy atom. The molecule has 0 N–H and O–H groups in total. The van der Waals surface area contributed by atoms with Crippen molar-refractivity contribution in [3.8, 4) is 0 Å². The van der Waals surface area contributed by atoms with Gasteiger partial charge in [0.1, 0.15) is 6.54 Å². The quantitative estimate of drug-likeness (QED) is 0.398. The number of carbonyl (C=O) groups is 2. The lowest BCUT2D eigenvalue weighted by Gasteiger charge is -2.00. The summed E-state index contributed by atoms with van der Waals surface area (Å²) >= 11 is 1.70. The van der Waals surface area contributed by atoms with E-state index in [1.807, 2.05) is 0 Å². The van der Waals surface area contributed by atoms with E-state index in [2.05, 4.69) is 21.7 Å². The molecule has 0 aliphatic rings. The van der Waals surface area contributed by atoms with Gasteiger partial charge in [0.05, 0.1) is 18.6 Å². The van der Waals surface area contributed by atoms with Gasteiger partial charge in [-0.15, -0.1) is 0 Å². The molecular formula is C15H24NO4S+. The lowest BCUT2D eigenvalue weighted by atomic mass is 10.2. The third-order valence-corrected chi connectivity index (χ3v) is 4.44. The first-order valence-corrected chi connectivity index (χ1v) is 8.09. The first-order chi connectivity index (χ1) is 10.0. The number of carbonyl (C=O) groups excluding carboxylic acids is 2. The molecule has 0 unspecified atom stereocenters. The van der Waals surface area contributed by atoms with Gasteiger partial charge in [0.2, 0.25) is 5.51 Å². The van der Waals surface area contributed by atoms with Crippen LogP contribution < -0.4 is 4.57 Å². The number of aromatic nitrogens is 1. The minimum Gasteiger partial charge on any atom is -0.469 e. The molecule has 5 nitrogen and oxygen atoms in total. The average molecular weight is 314 g/mol. The number of aryl methyl sites for hydroxylation is 1. The van der Waals surface area contributed by atoms with E-state index in [0.717, 1.165) is 32.2 Å². The van der Waals surface area contributed by atoms with Crippen LogP contribution in [-0.4, -0.2) is 25.7 Å². The second-order valence-electron chi connectivity index (χ2n) is 4.90. The number of methoxy groups -OCH3 is 1. The van der Waals surface area contributed by atoms with Gasteiger partial charge in [-0.25, -0.2) is 0 Å². The van der Waals surface area contributed by atoms with E-state index in [0.29, 0.717) is 13.0 Å². The Bertz CT molecular complexity index is 470. The standard InChI is InChI=1S/C15H24NO4S/c1-12-14(8-10-20-13(2)17)21-11-16(12)9-6-4-5-7-15(18)19-3/h11H,4-10H2,1-3H3/q+1. The lowest BCUT2D eigenvalue weighted by Crippen LogP contribution is -2.34. The number of esters is 2. The van der Waals surface area contributed by atoms with E-state index in [-0.39, 0.29) is 11.9 Å². The zero-order valence-corrected chi connectivity index (χ0v) is 13.8. The van der Waals surface area contributed by atoms with Crippen molar-refractivity contribution in [3.05, 3.63) is 16.1 Å². The average Bonchev–Trinajstić information content (AvgIpc) is 2.79. The summed E-state index contributed by atoms with van der Waals surface area (Å²) in [7, 11) is 1.42. The van der Waals surface area contributed by atoms with Crippen molar-refractivity contribution in [3.63, 3.8) is 0 Å². The van der Waals surface area contributed by atoms with Gasteiger partial charge in [0, 0.05) is 33.1 Å². The molecule has 0 amide bonds. The van der Waals surface area contributed by atoms with Crippen LogP contribution in [0, 0.1) is 6.92 Å². The smallest absolute Gasteiger partial charge is 0.305 e. The molecule has 0 aliphatic carbocycles. The van der Waals surface area contributed by atoms with Crippen molar-refractivity contribution < 1.29 is 23.6 Å².